The molecule has 2 aromatic carbocycles. The topological polar surface area (TPSA) is 66.5 Å². The van der Waals surface area contributed by atoms with Gasteiger partial charge in [-0.2, -0.15) is 5.10 Å². The van der Waals surface area contributed by atoms with E-state index in [-0.39, 0.29) is 12.5 Å². The number of carbonyl (C=O) groups excluding carboxylic acids is 1. The van der Waals surface area contributed by atoms with E-state index >= 15 is 0 Å². The van der Waals surface area contributed by atoms with Crippen LogP contribution in [0.1, 0.15) is 5.56 Å². The van der Waals surface area contributed by atoms with Crippen LogP contribution in [-0.4, -0.2) is 23.7 Å². The van der Waals surface area contributed by atoms with E-state index in [1.54, 1.807) is 30.5 Å². The van der Waals surface area contributed by atoms with Crippen molar-refractivity contribution in [2.45, 2.75) is 0 Å². The van der Waals surface area contributed by atoms with Crippen molar-refractivity contribution in [3.8, 4) is 5.75 Å². The molecule has 0 atom stereocenters. The fourth-order valence-corrected chi connectivity index (χ4v) is 2.30. The molecule has 0 fully saturated rings. The minimum absolute atomic E-state index is 0.158. The number of hydrogen-bond donors (Lipinski definition) is 2. The summed E-state index contributed by atoms with van der Waals surface area (Å²) in [5.41, 5.74) is 4.34. The first-order chi connectivity index (χ1) is 11.2. The number of benzene rings is 2. The molecule has 0 saturated carbocycles. The van der Waals surface area contributed by atoms with Gasteiger partial charge in [0, 0.05) is 22.7 Å². The van der Waals surface area contributed by atoms with Crippen molar-refractivity contribution in [2.24, 2.45) is 5.10 Å². The first kappa shape index (κ1) is 15.1. The minimum atomic E-state index is -0.360. The molecule has 0 aliphatic rings. The maximum atomic E-state index is 11.7. The number of ether oxygens (including phenoxy) is 1. The molecule has 0 bridgehead atoms. The SMILES string of the molecule is O=C(COc1ccccc1Cl)NN=Cc1c[nH]c2ccccc12. The van der Waals surface area contributed by atoms with Crippen molar-refractivity contribution < 1.29 is 9.53 Å². The van der Waals surface area contributed by atoms with E-state index in [9.17, 15) is 4.79 Å². The molecule has 0 unspecified atom stereocenters. The van der Waals surface area contributed by atoms with Gasteiger partial charge in [0.2, 0.25) is 0 Å². The van der Waals surface area contributed by atoms with Gasteiger partial charge in [-0.3, -0.25) is 4.79 Å². The Morgan fingerprint density at radius 3 is 2.87 bits per heavy atom. The number of carbonyl (C=O) groups is 1. The van der Waals surface area contributed by atoms with Gasteiger partial charge in [0.15, 0.2) is 6.61 Å². The Labute approximate surface area is 137 Å². The average molecular weight is 328 g/mol. The lowest BCUT2D eigenvalue weighted by Crippen LogP contribution is -2.24. The van der Waals surface area contributed by atoms with Gasteiger partial charge in [0.25, 0.3) is 5.91 Å². The second-order valence-corrected chi connectivity index (χ2v) is 5.21. The number of H-pyrrole nitrogens is 1. The lowest BCUT2D eigenvalue weighted by atomic mass is 10.2. The number of amides is 1. The van der Waals surface area contributed by atoms with Crippen molar-refractivity contribution in [3.05, 3.63) is 65.3 Å². The third kappa shape index (κ3) is 3.70. The van der Waals surface area contributed by atoms with E-state index in [0.717, 1.165) is 16.5 Å². The van der Waals surface area contributed by atoms with Crippen molar-refractivity contribution in [2.75, 3.05) is 6.61 Å². The first-order valence-corrected chi connectivity index (χ1v) is 7.37. The summed E-state index contributed by atoms with van der Waals surface area (Å²) in [6.07, 6.45) is 3.42. The largest absolute Gasteiger partial charge is 0.482 e. The normalized spacial score (nSPS) is 11.0. The highest BCUT2D eigenvalue weighted by Gasteiger charge is 2.04. The molecular formula is C17H14ClN3O2. The summed E-state index contributed by atoms with van der Waals surface area (Å²) in [6.45, 7) is -0.158. The highest BCUT2D eigenvalue weighted by molar-refractivity contribution is 6.32. The van der Waals surface area contributed by atoms with Crippen LogP contribution in [0, 0.1) is 0 Å². The third-order valence-electron chi connectivity index (χ3n) is 3.21. The van der Waals surface area contributed by atoms with E-state index in [0.29, 0.717) is 10.8 Å². The number of hydrazone groups is 1. The Morgan fingerprint density at radius 1 is 1.22 bits per heavy atom. The second-order valence-electron chi connectivity index (χ2n) is 4.80. The van der Waals surface area contributed by atoms with Crippen molar-refractivity contribution in [3.63, 3.8) is 0 Å². The zero-order valence-corrected chi connectivity index (χ0v) is 12.9. The fraction of sp³-hybridized carbons (Fsp3) is 0.0588. The Balaban J connectivity index is 1.55. The standard InChI is InChI=1S/C17H14ClN3O2/c18-14-6-2-4-8-16(14)23-11-17(22)21-20-10-12-9-19-15-7-3-1-5-13(12)15/h1-10,19H,11H2,(H,21,22). The smallest absolute Gasteiger partial charge is 0.277 e. The van der Waals surface area contributed by atoms with Crippen LogP contribution >= 0.6 is 11.6 Å². The fourth-order valence-electron chi connectivity index (χ4n) is 2.11. The molecule has 1 amide bonds. The van der Waals surface area contributed by atoms with Crippen LogP contribution in [0.25, 0.3) is 10.9 Å². The summed E-state index contributed by atoms with van der Waals surface area (Å²) in [7, 11) is 0. The molecule has 0 radical (unpaired) electrons. The number of halogens is 1. The number of para-hydroxylation sites is 2. The first-order valence-electron chi connectivity index (χ1n) is 6.99. The van der Waals surface area contributed by atoms with Crippen molar-refractivity contribution in [1.29, 1.82) is 0 Å². The van der Waals surface area contributed by atoms with Crippen LogP contribution in [0.4, 0.5) is 0 Å². The number of nitrogens with zero attached hydrogens (tertiary/aromatic N) is 1. The zero-order chi connectivity index (χ0) is 16.1. The Hall–Kier alpha value is -2.79. The molecule has 0 saturated heterocycles. The zero-order valence-electron chi connectivity index (χ0n) is 12.1. The lowest BCUT2D eigenvalue weighted by Gasteiger charge is -2.06. The number of aromatic amines is 1. The number of fused-ring (bicyclic) bond motifs is 1. The van der Waals surface area contributed by atoms with E-state index in [4.69, 9.17) is 16.3 Å². The Morgan fingerprint density at radius 2 is 2.00 bits per heavy atom. The predicted octanol–water partition coefficient (Wildman–Crippen LogP) is 3.35. The summed E-state index contributed by atoms with van der Waals surface area (Å²) in [6, 6.07) is 14.8. The molecule has 2 N–H and O–H groups in total. The Kier molecular flexibility index (Phi) is 4.59. The predicted molar refractivity (Wildman–Crippen MR) is 91.0 cm³/mol. The van der Waals surface area contributed by atoms with Crippen LogP contribution in [0.2, 0.25) is 5.02 Å². The molecule has 1 heterocycles. The van der Waals surface area contributed by atoms with E-state index in [1.807, 2.05) is 30.5 Å². The number of aromatic nitrogens is 1. The highest BCUT2D eigenvalue weighted by atomic mass is 35.5. The lowest BCUT2D eigenvalue weighted by molar-refractivity contribution is -0.123. The molecule has 3 rings (SSSR count). The molecular weight excluding hydrogens is 314 g/mol. The molecule has 23 heavy (non-hydrogen) atoms. The summed E-state index contributed by atoms with van der Waals surface area (Å²) in [4.78, 5) is 14.9. The monoisotopic (exact) mass is 327 g/mol. The molecule has 3 aromatic rings. The van der Waals surface area contributed by atoms with Crippen LogP contribution in [0.5, 0.6) is 5.75 Å². The van der Waals surface area contributed by atoms with Crippen LogP contribution < -0.4 is 10.2 Å². The van der Waals surface area contributed by atoms with Crippen LogP contribution in [0.3, 0.4) is 0 Å². The molecule has 0 aliphatic heterocycles. The van der Waals surface area contributed by atoms with Crippen molar-refractivity contribution in [1.82, 2.24) is 10.4 Å². The van der Waals surface area contributed by atoms with Crippen LogP contribution in [-0.2, 0) is 4.79 Å². The Bertz CT molecular complexity index is 858. The third-order valence-corrected chi connectivity index (χ3v) is 3.52. The summed E-state index contributed by atoms with van der Waals surface area (Å²) >= 11 is 5.95. The summed E-state index contributed by atoms with van der Waals surface area (Å²) < 4.78 is 5.33. The van der Waals surface area contributed by atoms with Crippen molar-refractivity contribution >= 4 is 34.6 Å². The molecule has 116 valence electrons. The highest BCUT2D eigenvalue weighted by Crippen LogP contribution is 2.22. The van der Waals surface area contributed by atoms with Gasteiger partial charge < -0.3 is 9.72 Å². The second kappa shape index (κ2) is 6.98. The number of hydrogen-bond acceptors (Lipinski definition) is 3. The number of nitrogens with one attached hydrogen (secondary N) is 2. The van der Waals surface area contributed by atoms with Gasteiger partial charge in [-0.05, 0) is 18.2 Å². The van der Waals surface area contributed by atoms with Gasteiger partial charge in [0.1, 0.15) is 5.75 Å². The van der Waals surface area contributed by atoms with E-state index < -0.39 is 0 Å². The van der Waals surface area contributed by atoms with Gasteiger partial charge >= 0.3 is 0 Å². The maximum absolute atomic E-state index is 11.7. The maximum Gasteiger partial charge on any atom is 0.277 e. The van der Waals surface area contributed by atoms with Gasteiger partial charge in [-0.1, -0.05) is 41.9 Å². The average Bonchev–Trinajstić information content (AvgIpc) is 2.98. The minimum Gasteiger partial charge on any atom is -0.482 e. The number of rotatable bonds is 5. The van der Waals surface area contributed by atoms with Gasteiger partial charge in [0.05, 0.1) is 11.2 Å². The molecule has 1 aromatic heterocycles. The summed E-state index contributed by atoms with van der Waals surface area (Å²) in [5.74, 6) is 0.103. The molecule has 0 aliphatic carbocycles. The van der Waals surface area contributed by atoms with Gasteiger partial charge in [-0.15, -0.1) is 0 Å². The molecule has 6 heteroatoms. The molecule has 0 spiro atoms. The van der Waals surface area contributed by atoms with E-state index in [1.165, 1.54) is 0 Å². The van der Waals surface area contributed by atoms with Crippen LogP contribution in [0.15, 0.2) is 59.8 Å². The van der Waals surface area contributed by atoms with Gasteiger partial charge in [-0.25, -0.2) is 5.43 Å². The quantitative estimate of drug-likeness (QED) is 0.557. The summed E-state index contributed by atoms with van der Waals surface area (Å²) in [5, 5.41) is 5.44. The van der Waals surface area contributed by atoms with E-state index in [2.05, 4.69) is 15.5 Å². The molecule has 5 nitrogen and oxygen atoms in total.